The SMILES string of the molecule is CC(=O)CC(=O)N1CCCC(n2cccn2)C1. The van der Waals surface area contributed by atoms with Crippen LogP contribution in [0.5, 0.6) is 0 Å². The normalized spacial score (nSPS) is 20.3. The zero-order valence-electron chi connectivity index (χ0n) is 10.0. The fourth-order valence-electron chi connectivity index (χ4n) is 2.22. The first-order valence-corrected chi connectivity index (χ1v) is 5.93. The molecule has 0 bridgehead atoms. The van der Waals surface area contributed by atoms with Crippen molar-refractivity contribution in [2.24, 2.45) is 0 Å². The summed E-state index contributed by atoms with van der Waals surface area (Å²) in [6, 6.07) is 2.13. The summed E-state index contributed by atoms with van der Waals surface area (Å²) in [6.45, 7) is 2.87. The summed E-state index contributed by atoms with van der Waals surface area (Å²) in [7, 11) is 0. The van der Waals surface area contributed by atoms with Gasteiger partial charge in [-0.1, -0.05) is 0 Å². The number of nitrogens with zero attached hydrogens (tertiary/aromatic N) is 3. The molecule has 1 unspecified atom stereocenters. The second kappa shape index (κ2) is 5.12. The molecule has 5 nitrogen and oxygen atoms in total. The van der Waals surface area contributed by atoms with Gasteiger partial charge in [-0.15, -0.1) is 0 Å². The number of carbonyl (C=O) groups is 2. The summed E-state index contributed by atoms with van der Waals surface area (Å²) >= 11 is 0. The third kappa shape index (κ3) is 2.93. The number of likely N-dealkylation sites (tertiary alicyclic amines) is 1. The zero-order valence-corrected chi connectivity index (χ0v) is 10.0. The van der Waals surface area contributed by atoms with Crippen LogP contribution in [0.3, 0.4) is 0 Å². The monoisotopic (exact) mass is 235 g/mol. The van der Waals surface area contributed by atoms with Crippen molar-refractivity contribution in [3.63, 3.8) is 0 Å². The van der Waals surface area contributed by atoms with Gasteiger partial charge in [0.1, 0.15) is 5.78 Å². The van der Waals surface area contributed by atoms with Gasteiger partial charge in [-0.05, 0) is 25.8 Å². The summed E-state index contributed by atoms with van der Waals surface area (Å²) in [5.74, 6) is -0.134. The standard InChI is InChI=1S/C12H17N3O2/c1-10(16)8-12(17)14-6-2-4-11(9-14)15-7-3-5-13-15/h3,5,7,11H,2,4,6,8-9H2,1H3. The molecule has 1 fully saturated rings. The number of hydrogen-bond acceptors (Lipinski definition) is 3. The first kappa shape index (κ1) is 11.8. The van der Waals surface area contributed by atoms with Gasteiger partial charge in [-0.3, -0.25) is 14.3 Å². The van der Waals surface area contributed by atoms with Crippen LogP contribution in [0.25, 0.3) is 0 Å². The fourth-order valence-corrected chi connectivity index (χ4v) is 2.22. The van der Waals surface area contributed by atoms with E-state index in [1.807, 2.05) is 16.9 Å². The first-order valence-electron chi connectivity index (χ1n) is 5.93. The van der Waals surface area contributed by atoms with Crippen LogP contribution in [0.15, 0.2) is 18.5 Å². The Balaban J connectivity index is 1.97. The molecule has 1 aromatic rings. The maximum atomic E-state index is 11.8. The van der Waals surface area contributed by atoms with Crippen LogP contribution in [-0.2, 0) is 9.59 Å². The van der Waals surface area contributed by atoms with Gasteiger partial charge in [0.25, 0.3) is 0 Å². The van der Waals surface area contributed by atoms with E-state index in [2.05, 4.69) is 5.10 Å². The van der Waals surface area contributed by atoms with E-state index in [1.54, 1.807) is 11.1 Å². The van der Waals surface area contributed by atoms with Gasteiger partial charge in [-0.2, -0.15) is 5.10 Å². The van der Waals surface area contributed by atoms with E-state index in [4.69, 9.17) is 0 Å². The van der Waals surface area contributed by atoms with Crippen molar-refractivity contribution in [1.29, 1.82) is 0 Å². The van der Waals surface area contributed by atoms with Crippen molar-refractivity contribution in [2.45, 2.75) is 32.2 Å². The van der Waals surface area contributed by atoms with Gasteiger partial charge >= 0.3 is 0 Å². The second-order valence-electron chi connectivity index (χ2n) is 4.50. The Morgan fingerprint density at radius 1 is 1.47 bits per heavy atom. The topological polar surface area (TPSA) is 55.2 Å². The Labute approximate surface area is 100 Å². The highest BCUT2D eigenvalue weighted by Gasteiger charge is 2.25. The van der Waals surface area contributed by atoms with Gasteiger partial charge in [0.2, 0.25) is 5.91 Å². The van der Waals surface area contributed by atoms with Gasteiger partial charge in [0, 0.05) is 25.5 Å². The van der Waals surface area contributed by atoms with Crippen molar-refractivity contribution in [1.82, 2.24) is 14.7 Å². The molecule has 1 aliphatic heterocycles. The summed E-state index contributed by atoms with van der Waals surface area (Å²) in [6.07, 6.45) is 5.69. The quantitative estimate of drug-likeness (QED) is 0.735. The lowest BCUT2D eigenvalue weighted by molar-refractivity contribution is -0.136. The molecule has 0 radical (unpaired) electrons. The molecule has 2 heterocycles. The lowest BCUT2D eigenvalue weighted by Gasteiger charge is -2.32. The van der Waals surface area contributed by atoms with E-state index in [0.717, 1.165) is 19.4 Å². The van der Waals surface area contributed by atoms with Gasteiger partial charge in [-0.25, -0.2) is 0 Å². The minimum Gasteiger partial charge on any atom is -0.340 e. The van der Waals surface area contributed by atoms with Crippen LogP contribution in [-0.4, -0.2) is 39.5 Å². The Morgan fingerprint density at radius 3 is 2.94 bits per heavy atom. The molecule has 0 aromatic carbocycles. The summed E-state index contributed by atoms with van der Waals surface area (Å²) in [4.78, 5) is 24.5. The molecule has 0 aliphatic carbocycles. The molecule has 0 spiro atoms. The molecule has 0 saturated carbocycles. The summed E-state index contributed by atoms with van der Waals surface area (Å²) in [5, 5.41) is 4.21. The van der Waals surface area contributed by atoms with Crippen molar-refractivity contribution in [2.75, 3.05) is 13.1 Å². The number of ketones is 1. The molecule has 5 heteroatoms. The van der Waals surface area contributed by atoms with E-state index in [0.29, 0.717) is 6.54 Å². The molecule has 92 valence electrons. The number of rotatable bonds is 3. The molecule has 1 amide bonds. The number of amides is 1. The summed E-state index contributed by atoms with van der Waals surface area (Å²) in [5.41, 5.74) is 0. The molecular weight excluding hydrogens is 218 g/mol. The van der Waals surface area contributed by atoms with Crippen LogP contribution in [0.1, 0.15) is 32.2 Å². The number of carbonyl (C=O) groups excluding carboxylic acids is 2. The minimum absolute atomic E-state index is 0.0197. The predicted octanol–water partition coefficient (Wildman–Crippen LogP) is 1.03. The van der Waals surface area contributed by atoms with Gasteiger partial charge < -0.3 is 4.90 Å². The number of piperidine rings is 1. The molecule has 2 rings (SSSR count). The Bertz CT molecular complexity index is 400. The predicted molar refractivity (Wildman–Crippen MR) is 62.4 cm³/mol. The third-order valence-electron chi connectivity index (χ3n) is 3.05. The smallest absolute Gasteiger partial charge is 0.230 e. The largest absolute Gasteiger partial charge is 0.340 e. The Hall–Kier alpha value is -1.65. The number of Topliss-reactive ketones (excluding diaryl/α,β-unsaturated/α-hetero) is 1. The van der Waals surface area contributed by atoms with Crippen molar-refractivity contribution in [3.8, 4) is 0 Å². The van der Waals surface area contributed by atoms with E-state index in [-0.39, 0.29) is 24.2 Å². The average molecular weight is 235 g/mol. The van der Waals surface area contributed by atoms with Crippen LogP contribution < -0.4 is 0 Å². The van der Waals surface area contributed by atoms with E-state index < -0.39 is 0 Å². The maximum Gasteiger partial charge on any atom is 0.230 e. The van der Waals surface area contributed by atoms with E-state index in [9.17, 15) is 9.59 Å². The van der Waals surface area contributed by atoms with Crippen molar-refractivity contribution < 1.29 is 9.59 Å². The highest BCUT2D eigenvalue weighted by Crippen LogP contribution is 2.20. The lowest BCUT2D eigenvalue weighted by Crippen LogP contribution is -2.41. The van der Waals surface area contributed by atoms with E-state index in [1.165, 1.54) is 6.92 Å². The number of hydrogen-bond donors (Lipinski definition) is 0. The molecule has 1 aliphatic rings. The Morgan fingerprint density at radius 2 is 2.29 bits per heavy atom. The average Bonchev–Trinajstić information content (AvgIpc) is 2.82. The summed E-state index contributed by atoms with van der Waals surface area (Å²) < 4.78 is 1.90. The fraction of sp³-hybridized carbons (Fsp3) is 0.583. The third-order valence-corrected chi connectivity index (χ3v) is 3.05. The molecule has 1 saturated heterocycles. The minimum atomic E-state index is -0.0730. The lowest BCUT2D eigenvalue weighted by atomic mass is 10.1. The Kier molecular flexibility index (Phi) is 3.56. The molecule has 1 atom stereocenters. The highest BCUT2D eigenvalue weighted by molar-refractivity contribution is 5.96. The van der Waals surface area contributed by atoms with Crippen molar-refractivity contribution in [3.05, 3.63) is 18.5 Å². The molecule has 1 aromatic heterocycles. The van der Waals surface area contributed by atoms with Crippen LogP contribution in [0, 0.1) is 0 Å². The van der Waals surface area contributed by atoms with Crippen molar-refractivity contribution >= 4 is 11.7 Å². The van der Waals surface area contributed by atoms with Crippen LogP contribution >= 0.6 is 0 Å². The molecule has 17 heavy (non-hydrogen) atoms. The highest BCUT2D eigenvalue weighted by atomic mass is 16.2. The zero-order chi connectivity index (χ0) is 12.3. The maximum absolute atomic E-state index is 11.8. The second-order valence-corrected chi connectivity index (χ2v) is 4.50. The van der Waals surface area contributed by atoms with Crippen LogP contribution in [0.2, 0.25) is 0 Å². The van der Waals surface area contributed by atoms with Gasteiger partial charge in [0.15, 0.2) is 0 Å². The van der Waals surface area contributed by atoms with Gasteiger partial charge in [0.05, 0.1) is 12.5 Å². The molecule has 0 N–H and O–H groups in total. The van der Waals surface area contributed by atoms with Crippen LogP contribution in [0.4, 0.5) is 0 Å². The van der Waals surface area contributed by atoms with E-state index >= 15 is 0 Å². The number of aromatic nitrogens is 2. The first-order chi connectivity index (χ1) is 8.16. The molecular formula is C12H17N3O2.